The molecule has 6 nitrogen and oxygen atoms in total. The Kier molecular flexibility index (Phi) is 4.64. The van der Waals surface area contributed by atoms with Gasteiger partial charge < -0.3 is 4.74 Å². The van der Waals surface area contributed by atoms with Crippen molar-refractivity contribution < 1.29 is 17.9 Å². The lowest BCUT2D eigenvalue weighted by atomic mass is 10.2. The lowest BCUT2D eigenvalue weighted by Crippen LogP contribution is -2.23. The van der Waals surface area contributed by atoms with Gasteiger partial charge in [0, 0.05) is 16.4 Å². The summed E-state index contributed by atoms with van der Waals surface area (Å²) in [6.07, 6.45) is -0.397. The largest absolute Gasteiger partial charge is 0.447 e. The fraction of sp³-hybridized carbons (Fsp3) is 0.188. The fourth-order valence-electron chi connectivity index (χ4n) is 2.35. The van der Waals surface area contributed by atoms with Crippen molar-refractivity contribution in [1.29, 1.82) is 0 Å². The van der Waals surface area contributed by atoms with Crippen LogP contribution in [0.5, 0.6) is 0 Å². The predicted molar refractivity (Wildman–Crippen MR) is 92.8 cm³/mol. The van der Waals surface area contributed by atoms with Gasteiger partial charge in [0.05, 0.1) is 12.3 Å². The van der Waals surface area contributed by atoms with Gasteiger partial charge in [-0.2, -0.15) is 0 Å². The number of carbonyl (C=O) groups is 1. The molecular formula is C16H15ClN2O4S. The average Bonchev–Trinajstić information content (AvgIpc) is 2.96. The number of sulfonamides is 1. The van der Waals surface area contributed by atoms with Gasteiger partial charge in [0.25, 0.3) is 0 Å². The van der Waals surface area contributed by atoms with Gasteiger partial charge in [-0.15, -0.1) is 0 Å². The highest BCUT2D eigenvalue weighted by molar-refractivity contribution is 7.91. The molecule has 1 amide bonds. The number of nitrogens with zero attached hydrogens (tertiary/aromatic N) is 1. The molecule has 1 aliphatic heterocycles. The van der Waals surface area contributed by atoms with Crippen LogP contribution in [-0.4, -0.2) is 27.7 Å². The van der Waals surface area contributed by atoms with Crippen LogP contribution in [0.15, 0.2) is 48.5 Å². The van der Waals surface area contributed by atoms with Crippen LogP contribution >= 0.6 is 11.6 Å². The van der Waals surface area contributed by atoms with Crippen LogP contribution in [0.2, 0.25) is 5.02 Å². The van der Waals surface area contributed by atoms with Gasteiger partial charge in [0.2, 0.25) is 10.0 Å². The Bertz CT molecular complexity index is 835. The van der Waals surface area contributed by atoms with Gasteiger partial charge >= 0.3 is 6.09 Å². The Morgan fingerprint density at radius 1 is 1.08 bits per heavy atom. The van der Waals surface area contributed by atoms with Crippen molar-refractivity contribution in [3.05, 3.63) is 59.1 Å². The maximum Gasteiger partial charge on any atom is 0.414 e. The summed E-state index contributed by atoms with van der Waals surface area (Å²) in [7, 11) is -3.54. The molecule has 0 aromatic heterocycles. The van der Waals surface area contributed by atoms with Crippen LogP contribution in [-0.2, 0) is 20.5 Å². The number of hydrogen-bond acceptors (Lipinski definition) is 4. The molecule has 3 rings (SSSR count). The summed E-state index contributed by atoms with van der Waals surface area (Å²) in [6, 6.07) is 13.2. The minimum atomic E-state index is -3.54. The Morgan fingerprint density at radius 3 is 2.33 bits per heavy atom. The fourth-order valence-corrected chi connectivity index (χ4v) is 3.68. The molecule has 1 saturated heterocycles. The Balaban J connectivity index is 1.68. The monoisotopic (exact) mass is 366 g/mol. The van der Waals surface area contributed by atoms with Gasteiger partial charge in [0.1, 0.15) is 6.61 Å². The van der Waals surface area contributed by atoms with Crippen LogP contribution in [0.4, 0.5) is 16.2 Å². The van der Waals surface area contributed by atoms with Gasteiger partial charge in [-0.3, -0.25) is 9.62 Å². The number of halogens is 1. The lowest BCUT2D eigenvalue weighted by Gasteiger charge is -2.14. The van der Waals surface area contributed by atoms with E-state index in [1.807, 2.05) is 0 Å². The van der Waals surface area contributed by atoms with Crippen molar-refractivity contribution in [3.63, 3.8) is 0 Å². The van der Waals surface area contributed by atoms with E-state index in [9.17, 15) is 13.2 Å². The van der Waals surface area contributed by atoms with Crippen molar-refractivity contribution in [1.82, 2.24) is 0 Å². The SMILES string of the molecule is O=C1OCCN1c1ccc(NS(=O)(=O)Cc2ccc(Cl)cc2)cc1. The molecule has 0 radical (unpaired) electrons. The number of ether oxygens (including phenoxy) is 1. The molecule has 0 aliphatic carbocycles. The average molecular weight is 367 g/mol. The maximum atomic E-state index is 12.2. The quantitative estimate of drug-likeness (QED) is 0.881. The van der Waals surface area contributed by atoms with E-state index in [0.717, 1.165) is 0 Å². The summed E-state index contributed by atoms with van der Waals surface area (Å²) >= 11 is 5.79. The van der Waals surface area contributed by atoms with E-state index in [-0.39, 0.29) is 5.75 Å². The highest BCUT2D eigenvalue weighted by atomic mass is 35.5. The number of hydrogen-bond donors (Lipinski definition) is 1. The summed E-state index contributed by atoms with van der Waals surface area (Å²) in [5.74, 6) is -0.148. The van der Waals surface area contributed by atoms with Crippen molar-refractivity contribution in [2.75, 3.05) is 22.8 Å². The number of anilines is 2. The van der Waals surface area contributed by atoms with Crippen LogP contribution in [0.1, 0.15) is 5.56 Å². The second kappa shape index (κ2) is 6.70. The van der Waals surface area contributed by atoms with Crippen LogP contribution in [0.3, 0.4) is 0 Å². The molecule has 0 bridgehead atoms. The molecular weight excluding hydrogens is 352 g/mol. The van der Waals surface area contributed by atoms with E-state index >= 15 is 0 Å². The molecule has 2 aromatic rings. The predicted octanol–water partition coefficient (Wildman–Crippen LogP) is 3.24. The number of nitrogens with one attached hydrogen (secondary N) is 1. The van der Waals surface area contributed by atoms with Gasteiger partial charge in [-0.05, 0) is 42.0 Å². The first-order chi connectivity index (χ1) is 11.4. The molecule has 0 spiro atoms. The first-order valence-electron chi connectivity index (χ1n) is 7.22. The van der Waals surface area contributed by atoms with E-state index in [4.69, 9.17) is 16.3 Å². The molecule has 0 atom stereocenters. The van der Waals surface area contributed by atoms with E-state index in [1.165, 1.54) is 4.90 Å². The molecule has 126 valence electrons. The van der Waals surface area contributed by atoms with Gasteiger partial charge in [-0.1, -0.05) is 23.7 Å². The van der Waals surface area contributed by atoms with Crippen LogP contribution in [0, 0.1) is 0 Å². The molecule has 1 aliphatic rings. The van der Waals surface area contributed by atoms with Gasteiger partial charge in [-0.25, -0.2) is 13.2 Å². The molecule has 0 saturated carbocycles. The minimum Gasteiger partial charge on any atom is -0.447 e. The second-order valence-corrected chi connectivity index (χ2v) is 7.46. The van der Waals surface area contributed by atoms with Crippen molar-refractivity contribution in [2.45, 2.75) is 5.75 Å². The van der Waals surface area contributed by atoms with Crippen molar-refractivity contribution >= 4 is 39.1 Å². The molecule has 8 heteroatoms. The van der Waals surface area contributed by atoms with Crippen LogP contribution in [0.25, 0.3) is 0 Å². The third-order valence-corrected chi connectivity index (χ3v) is 5.00. The molecule has 0 unspecified atom stereocenters. The highest BCUT2D eigenvalue weighted by Crippen LogP contribution is 2.22. The first-order valence-corrected chi connectivity index (χ1v) is 9.25. The minimum absolute atomic E-state index is 0.148. The van der Waals surface area contributed by atoms with E-state index in [0.29, 0.717) is 35.1 Å². The molecule has 24 heavy (non-hydrogen) atoms. The number of cyclic esters (lactones) is 1. The topological polar surface area (TPSA) is 75.7 Å². The summed E-state index contributed by atoms with van der Waals surface area (Å²) in [4.78, 5) is 13.0. The van der Waals surface area contributed by atoms with E-state index in [2.05, 4.69) is 4.72 Å². The van der Waals surface area contributed by atoms with Crippen molar-refractivity contribution in [2.24, 2.45) is 0 Å². The summed E-state index contributed by atoms with van der Waals surface area (Å²) in [5, 5.41) is 0.556. The molecule has 1 fully saturated rings. The number of amides is 1. The third-order valence-electron chi connectivity index (χ3n) is 3.48. The van der Waals surface area contributed by atoms with E-state index < -0.39 is 16.1 Å². The lowest BCUT2D eigenvalue weighted by molar-refractivity contribution is 0.181. The molecule has 2 aromatic carbocycles. The summed E-state index contributed by atoms with van der Waals surface area (Å²) in [5.41, 5.74) is 1.74. The first kappa shape index (κ1) is 16.6. The summed E-state index contributed by atoms with van der Waals surface area (Å²) in [6.45, 7) is 0.842. The number of benzene rings is 2. The highest BCUT2D eigenvalue weighted by Gasteiger charge is 2.23. The zero-order valence-corrected chi connectivity index (χ0v) is 14.2. The molecule has 1 N–H and O–H groups in total. The number of carbonyl (C=O) groups excluding carboxylic acids is 1. The smallest absolute Gasteiger partial charge is 0.414 e. The van der Waals surface area contributed by atoms with E-state index in [1.54, 1.807) is 48.5 Å². The Labute approximate surface area is 145 Å². The second-order valence-electron chi connectivity index (χ2n) is 5.30. The zero-order chi connectivity index (χ0) is 17.2. The normalized spacial score (nSPS) is 14.5. The maximum absolute atomic E-state index is 12.2. The number of rotatable bonds is 5. The standard InChI is InChI=1S/C16H15ClN2O4S/c17-13-3-1-12(2-4-13)11-24(21,22)18-14-5-7-15(8-6-14)19-9-10-23-16(19)20/h1-8,18H,9-11H2. The van der Waals surface area contributed by atoms with Gasteiger partial charge in [0.15, 0.2) is 0 Å². The third kappa shape index (κ3) is 3.98. The Hall–Kier alpha value is -2.25. The Morgan fingerprint density at radius 2 is 1.75 bits per heavy atom. The van der Waals surface area contributed by atoms with Crippen LogP contribution < -0.4 is 9.62 Å². The zero-order valence-electron chi connectivity index (χ0n) is 12.6. The van der Waals surface area contributed by atoms with Crippen molar-refractivity contribution in [3.8, 4) is 0 Å². The summed E-state index contributed by atoms with van der Waals surface area (Å²) < 4.78 is 31.8. The molecule has 1 heterocycles.